The summed E-state index contributed by atoms with van der Waals surface area (Å²) >= 11 is 0. The number of aromatic nitrogens is 1. The molecule has 0 saturated heterocycles. The molecule has 0 fully saturated rings. The first kappa shape index (κ1) is 9.84. The van der Waals surface area contributed by atoms with E-state index in [1.54, 1.807) is 18.5 Å². The SMILES string of the molecule is CCCCCOc1cnccc1N. The van der Waals surface area contributed by atoms with E-state index < -0.39 is 0 Å². The van der Waals surface area contributed by atoms with E-state index >= 15 is 0 Å². The van der Waals surface area contributed by atoms with Gasteiger partial charge in [0.05, 0.1) is 18.5 Å². The third kappa shape index (κ3) is 3.32. The standard InChI is InChI=1S/C10H16N2O/c1-2-3-4-7-13-10-8-12-6-5-9(10)11/h5-6,8H,2-4,7H2,1H3,(H2,11,12). The number of unbranched alkanes of at least 4 members (excludes halogenated alkanes) is 2. The van der Waals surface area contributed by atoms with Gasteiger partial charge in [0.2, 0.25) is 0 Å². The molecule has 0 aliphatic rings. The highest BCUT2D eigenvalue weighted by atomic mass is 16.5. The lowest BCUT2D eigenvalue weighted by Crippen LogP contribution is -2.00. The highest BCUT2D eigenvalue weighted by molar-refractivity contribution is 5.49. The summed E-state index contributed by atoms with van der Waals surface area (Å²) in [6.07, 6.45) is 6.78. The van der Waals surface area contributed by atoms with Crippen molar-refractivity contribution in [2.24, 2.45) is 0 Å². The highest BCUT2D eigenvalue weighted by Gasteiger charge is 1.97. The molecular weight excluding hydrogens is 164 g/mol. The molecule has 0 aliphatic heterocycles. The summed E-state index contributed by atoms with van der Waals surface area (Å²) in [7, 11) is 0. The fourth-order valence-corrected chi connectivity index (χ4v) is 1.05. The Morgan fingerprint density at radius 1 is 1.46 bits per heavy atom. The van der Waals surface area contributed by atoms with Crippen LogP contribution in [-0.2, 0) is 0 Å². The third-order valence-corrected chi connectivity index (χ3v) is 1.82. The number of pyridine rings is 1. The first-order valence-corrected chi connectivity index (χ1v) is 4.67. The van der Waals surface area contributed by atoms with Gasteiger partial charge in [-0.15, -0.1) is 0 Å². The van der Waals surface area contributed by atoms with Crippen LogP contribution in [0.2, 0.25) is 0 Å². The maximum atomic E-state index is 5.67. The minimum atomic E-state index is 0.659. The van der Waals surface area contributed by atoms with Gasteiger partial charge in [-0.3, -0.25) is 4.98 Å². The lowest BCUT2D eigenvalue weighted by atomic mass is 10.3. The number of anilines is 1. The fourth-order valence-electron chi connectivity index (χ4n) is 1.05. The molecule has 0 aromatic carbocycles. The van der Waals surface area contributed by atoms with Crippen LogP contribution < -0.4 is 10.5 Å². The predicted molar refractivity (Wildman–Crippen MR) is 53.7 cm³/mol. The van der Waals surface area contributed by atoms with Gasteiger partial charge in [0, 0.05) is 6.20 Å². The van der Waals surface area contributed by atoms with Crippen LogP contribution in [0.4, 0.5) is 5.69 Å². The summed E-state index contributed by atoms with van der Waals surface area (Å²) in [6, 6.07) is 1.75. The van der Waals surface area contributed by atoms with E-state index in [0.717, 1.165) is 13.0 Å². The Morgan fingerprint density at radius 2 is 2.31 bits per heavy atom. The van der Waals surface area contributed by atoms with E-state index in [9.17, 15) is 0 Å². The van der Waals surface area contributed by atoms with Crippen molar-refractivity contribution in [3.8, 4) is 5.75 Å². The maximum Gasteiger partial charge on any atom is 0.160 e. The van der Waals surface area contributed by atoms with Crippen LogP contribution in [0.15, 0.2) is 18.5 Å². The summed E-state index contributed by atoms with van der Waals surface area (Å²) in [6.45, 7) is 2.89. The number of ether oxygens (including phenoxy) is 1. The number of rotatable bonds is 5. The summed E-state index contributed by atoms with van der Waals surface area (Å²) in [5.74, 6) is 0.693. The van der Waals surface area contributed by atoms with Crippen molar-refractivity contribution in [1.29, 1.82) is 0 Å². The average Bonchev–Trinajstić information content (AvgIpc) is 2.15. The Morgan fingerprint density at radius 3 is 3.00 bits per heavy atom. The van der Waals surface area contributed by atoms with Crippen molar-refractivity contribution in [2.45, 2.75) is 26.2 Å². The lowest BCUT2D eigenvalue weighted by molar-refractivity contribution is 0.307. The van der Waals surface area contributed by atoms with Gasteiger partial charge in [-0.05, 0) is 12.5 Å². The van der Waals surface area contributed by atoms with Crippen LogP contribution in [0.1, 0.15) is 26.2 Å². The molecule has 0 saturated carbocycles. The molecule has 0 aliphatic carbocycles. The molecule has 3 heteroatoms. The molecule has 1 rings (SSSR count). The second-order valence-corrected chi connectivity index (χ2v) is 2.97. The van der Waals surface area contributed by atoms with Gasteiger partial charge in [-0.1, -0.05) is 19.8 Å². The molecule has 0 unspecified atom stereocenters. The van der Waals surface area contributed by atoms with Crippen molar-refractivity contribution in [3.63, 3.8) is 0 Å². The van der Waals surface area contributed by atoms with Crippen LogP contribution in [0.3, 0.4) is 0 Å². The first-order chi connectivity index (χ1) is 6.34. The minimum absolute atomic E-state index is 0.659. The van der Waals surface area contributed by atoms with E-state index in [-0.39, 0.29) is 0 Å². The quantitative estimate of drug-likeness (QED) is 0.707. The molecule has 0 spiro atoms. The Kier molecular flexibility index (Phi) is 4.09. The van der Waals surface area contributed by atoms with Gasteiger partial charge in [-0.2, -0.15) is 0 Å². The van der Waals surface area contributed by atoms with Crippen LogP contribution in [0.25, 0.3) is 0 Å². The zero-order valence-electron chi connectivity index (χ0n) is 7.99. The summed E-state index contributed by atoms with van der Waals surface area (Å²) in [4.78, 5) is 3.94. The molecule has 2 N–H and O–H groups in total. The highest BCUT2D eigenvalue weighted by Crippen LogP contribution is 2.18. The van der Waals surface area contributed by atoms with E-state index in [0.29, 0.717) is 11.4 Å². The normalized spacial score (nSPS) is 9.92. The first-order valence-electron chi connectivity index (χ1n) is 4.67. The average molecular weight is 180 g/mol. The summed E-state index contributed by atoms with van der Waals surface area (Å²) < 4.78 is 5.45. The predicted octanol–water partition coefficient (Wildman–Crippen LogP) is 2.23. The summed E-state index contributed by atoms with van der Waals surface area (Å²) in [5.41, 5.74) is 6.33. The van der Waals surface area contributed by atoms with E-state index in [1.165, 1.54) is 12.8 Å². The molecule has 13 heavy (non-hydrogen) atoms. The fraction of sp³-hybridized carbons (Fsp3) is 0.500. The van der Waals surface area contributed by atoms with Gasteiger partial charge in [0.15, 0.2) is 5.75 Å². The molecular formula is C10H16N2O. The van der Waals surface area contributed by atoms with Crippen LogP contribution in [0, 0.1) is 0 Å². The Balaban J connectivity index is 2.32. The lowest BCUT2D eigenvalue weighted by Gasteiger charge is -2.06. The number of nitrogen functional groups attached to an aromatic ring is 1. The van der Waals surface area contributed by atoms with Crippen molar-refractivity contribution < 1.29 is 4.74 Å². The summed E-state index contributed by atoms with van der Waals surface area (Å²) in [5, 5.41) is 0. The van der Waals surface area contributed by atoms with Crippen molar-refractivity contribution in [2.75, 3.05) is 12.3 Å². The third-order valence-electron chi connectivity index (χ3n) is 1.82. The van der Waals surface area contributed by atoms with Gasteiger partial charge in [0.1, 0.15) is 0 Å². The van der Waals surface area contributed by atoms with Gasteiger partial charge in [-0.25, -0.2) is 0 Å². The van der Waals surface area contributed by atoms with Crippen LogP contribution in [-0.4, -0.2) is 11.6 Å². The van der Waals surface area contributed by atoms with Crippen LogP contribution >= 0.6 is 0 Å². The second-order valence-electron chi connectivity index (χ2n) is 2.97. The molecule has 3 nitrogen and oxygen atoms in total. The smallest absolute Gasteiger partial charge is 0.160 e. The molecule has 0 atom stereocenters. The number of hydrogen-bond donors (Lipinski definition) is 1. The van der Waals surface area contributed by atoms with E-state index in [2.05, 4.69) is 11.9 Å². The number of nitrogens with zero attached hydrogens (tertiary/aromatic N) is 1. The zero-order chi connectivity index (χ0) is 9.52. The molecule has 0 amide bonds. The molecule has 1 aromatic heterocycles. The number of nitrogens with two attached hydrogens (primary N) is 1. The zero-order valence-corrected chi connectivity index (χ0v) is 7.99. The Labute approximate surface area is 78.9 Å². The van der Waals surface area contributed by atoms with Crippen molar-refractivity contribution in [3.05, 3.63) is 18.5 Å². The minimum Gasteiger partial charge on any atom is -0.490 e. The van der Waals surface area contributed by atoms with Gasteiger partial charge in [0.25, 0.3) is 0 Å². The van der Waals surface area contributed by atoms with Gasteiger partial charge < -0.3 is 10.5 Å². The van der Waals surface area contributed by atoms with Crippen LogP contribution in [0.5, 0.6) is 5.75 Å². The molecule has 1 aromatic rings. The molecule has 72 valence electrons. The van der Waals surface area contributed by atoms with E-state index in [4.69, 9.17) is 10.5 Å². The molecule has 0 bridgehead atoms. The Hall–Kier alpha value is -1.25. The van der Waals surface area contributed by atoms with E-state index in [1.807, 2.05) is 0 Å². The molecule has 0 radical (unpaired) electrons. The van der Waals surface area contributed by atoms with Crippen molar-refractivity contribution >= 4 is 5.69 Å². The van der Waals surface area contributed by atoms with Crippen molar-refractivity contribution in [1.82, 2.24) is 4.98 Å². The number of hydrogen-bond acceptors (Lipinski definition) is 3. The monoisotopic (exact) mass is 180 g/mol. The Bertz CT molecular complexity index is 250. The topological polar surface area (TPSA) is 48.1 Å². The van der Waals surface area contributed by atoms with Gasteiger partial charge >= 0.3 is 0 Å². The maximum absolute atomic E-state index is 5.67. The largest absolute Gasteiger partial charge is 0.490 e. The second kappa shape index (κ2) is 5.41. The molecule has 1 heterocycles.